The summed E-state index contributed by atoms with van der Waals surface area (Å²) in [6, 6.07) is 0. The first-order valence-corrected chi connectivity index (χ1v) is 2.82. The second-order valence-electron chi connectivity index (χ2n) is 1.72. The summed E-state index contributed by atoms with van der Waals surface area (Å²) in [5.41, 5.74) is 4.70. The lowest BCUT2D eigenvalue weighted by atomic mass is 10.4. The fourth-order valence-electron chi connectivity index (χ4n) is 0.416. The molecule has 0 aromatic heterocycles. The molecule has 0 atom stereocenters. The van der Waals surface area contributed by atoms with Crippen molar-refractivity contribution in [3.8, 4) is 0 Å². The number of amides is 2. The summed E-state index contributed by atoms with van der Waals surface area (Å²) in [7, 11) is 0. The molecule has 0 aromatic rings. The van der Waals surface area contributed by atoms with Gasteiger partial charge in [0.2, 0.25) is 11.8 Å². The van der Waals surface area contributed by atoms with Crippen LogP contribution in [0.5, 0.6) is 0 Å². The third kappa shape index (κ3) is 5.04. The highest BCUT2D eigenvalue weighted by Crippen LogP contribution is 1.74. The lowest BCUT2D eigenvalue weighted by Gasteiger charge is -1.98. The first-order chi connectivity index (χ1) is 4.66. The molecule has 0 unspecified atom stereocenters. The molecule has 2 amide bonds. The van der Waals surface area contributed by atoms with Gasteiger partial charge in [0.05, 0.1) is 6.61 Å². The fourth-order valence-corrected chi connectivity index (χ4v) is 0.416. The standard InChI is InChI=1S/C5H10N2O3/c6-4(9)3-5(10)7-1-2-8/h8H,1-3H2,(H2,6,9)(H,7,10). The van der Waals surface area contributed by atoms with Gasteiger partial charge in [-0.2, -0.15) is 0 Å². The molecule has 0 aliphatic rings. The smallest absolute Gasteiger partial charge is 0.229 e. The van der Waals surface area contributed by atoms with E-state index in [1.165, 1.54) is 0 Å². The zero-order valence-corrected chi connectivity index (χ0v) is 5.46. The number of nitrogens with one attached hydrogen (secondary N) is 1. The van der Waals surface area contributed by atoms with Crippen molar-refractivity contribution >= 4 is 11.8 Å². The van der Waals surface area contributed by atoms with Crippen LogP contribution in [-0.4, -0.2) is 30.1 Å². The zero-order valence-electron chi connectivity index (χ0n) is 5.46. The number of hydrogen-bond acceptors (Lipinski definition) is 3. The van der Waals surface area contributed by atoms with Crippen LogP contribution in [0.25, 0.3) is 0 Å². The zero-order chi connectivity index (χ0) is 7.98. The van der Waals surface area contributed by atoms with E-state index in [0.717, 1.165) is 0 Å². The molecule has 4 N–H and O–H groups in total. The monoisotopic (exact) mass is 146 g/mol. The summed E-state index contributed by atoms with van der Waals surface area (Å²) in [6.45, 7) is 0.0244. The van der Waals surface area contributed by atoms with Gasteiger partial charge >= 0.3 is 0 Å². The normalized spacial score (nSPS) is 8.90. The number of carbonyl (C=O) groups excluding carboxylic acids is 2. The van der Waals surface area contributed by atoms with Crippen molar-refractivity contribution in [1.82, 2.24) is 5.32 Å². The minimum absolute atomic E-state index is 0.134. The van der Waals surface area contributed by atoms with Gasteiger partial charge in [-0.3, -0.25) is 9.59 Å². The molecule has 0 bridgehead atoms. The highest BCUT2D eigenvalue weighted by atomic mass is 16.3. The lowest BCUT2D eigenvalue weighted by Crippen LogP contribution is -2.30. The molecule has 0 saturated heterocycles. The van der Waals surface area contributed by atoms with Crippen LogP contribution < -0.4 is 11.1 Å². The first kappa shape index (κ1) is 8.90. The number of primary amides is 1. The molecule has 5 nitrogen and oxygen atoms in total. The first-order valence-electron chi connectivity index (χ1n) is 2.82. The van der Waals surface area contributed by atoms with E-state index in [1.54, 1.807) is 0 Å². The molecule has 0 aliphatic carbocycles. The number of nitrogens with two attached hydrogens (primary N) is 1. The van der Waals surface area contributed by atoms with Gasteiger partial charge in [0.1, 0.15) is 6.42 Å². The summed E-state index contributed by atoms with van der Waals surface area (Å²) in [5, 5.41) is 10.5. The largest absolute Gasteiger partial charge is 0.395 e. The molecule has 0 heterocycles. The molecular formula is C5H10N2O3. The number of carbonyl (C=O) groups is 2. The van der Waals surface area contributed by atoms with Crippen LogP contribution in [0.15, 0.2) is 0 Å². The van der Waals surface area contributed by atoms with Crippen LogP contribution in [0, 0.1) is 0 Å². The predicted molar refractivity (Wildman–Crippen MR) is 33.9 cm³/mol. The van der Waals surface area contributed by atoms with E-state index in [0.29, 0.717) is 0 Å². The van der Waals surface area contributed by atoms with Crippen LogP contribution in [-0.2, 0) is 9.59 Å². The van der Waals surface area contributed by atoms with Gasteiger partial charge in [-0.15, -0.1) is 0 Å². The molecule has 58 valence electrons. The number of hydrogen-bond donors (Lipinski definition) is 3. The third-order valence-corrected chi connectivity index (χ3v) is 0.769. The van der Waals surface area contributed by atoms with Crippen molar-refractivity contribution in [2.45, 2.75) is 6.42 Å². The Kier molecular flexibility index (Phi) is 4.23. The van der Waals surface area contributed by atoms with Crippen LogP contribution in [0.4, 0.5) is 0 Å². The van der Waals surface area contributed by atoms with Gasteiger partial charge in [0.25, 0.3) is 0 Å². The molecule has 0 saturated carbocycles. The molecule has 0 spiro atoms. The summed E-state index contributed by atoms with van der Waals surface area (Å²) in [5.74, 6) is -1.13. The van der Waals surface area contributed by atoms with Crippen molar-refractivity contribution in [3.63, 3.8) is 0 Å². The van der Waals surface area contributed by atoms with E-state index in [-0.39, 0.29) is 19.6 Å². The predicted octanol–water partition coefficient (Wildman–Crippen LogP) is -2.03. The van der Waals surface area contributed by atoms with Crippen LogP contribution in [0.3, 0.4) is 0 Å². The summed E-state index contributed by atoms with van der Waals surface area (Å²) >= 11 is 0. The highest BCUT2D eigenvalue weighted by molar-refractivity contribution is 5.95. The van der Waals surface area contributed by atoms with Gasteiger partial charge in [-0.05, 0) is 0 Å². The van der Waals surface area contributed by atoms with Gasteiger partial charge in [-0.1, -0.05) is 0 Å². The highest BCUT2D eigenvalue weighted by Gasteiger charge is 2.02. The van der Waals surface area contributed by atoms with Crippen LogP contribution in [0.1, 0.15) is 6.42 Å². The molecule has 0 rings (SSSR count). The second kappa shape index (κ2) is 4.75. The van der Waals surface area contributed by atoms with E-state index in [1.807, 2.05) is 0 Å². The van der Waals surface area contributed by atoms with E-state index in [9.17, 15) is 9.59 Å². The Bertz CT molecular complexity index is 135. The molecule has 0 radical (unpaired) electrons. The molecular weight excluding hydrogens is 136 g/mol. The van der Waals surface area contributed by atoms with Crippen molar-refractivity contribution in [1.29, 1.82) is 0 Å². The Morgan fingerprint density at radius 3 is 2.50 bits per heavy atom. The average molecular weight is 146 g/mol. The molecule has 0 fully saturated rings. The summed E-state index contributed by atoms with van der Waals surface area (Å²) in [4.78, 5) is 20.6. The molecule has 0 aromatic carbocycles. The topological polar surface area (TPSA) is 92.4 Å². The second-order valence-corrected chi connectivity index (χ2v) is 1.72. The Labute approximate surface area is 58.2 Å². The van der Waals surface area contributed by atoms with Gasteiger partial charge in [0, 0.05) is 6.54 Å². The van der Waals surface area contributed by atoms with Crippen molar-refractivity contribution in [2.75, 3.05) is 13.2 Å². The van der Waals surface area contributed by atoms with Crippen molar-refractivity contribution in [3.05, 3.63) is 0 Å². The SMILES string of the molecule is NC(=O)CC(=O)NCCO. The fraction of sp³-hybridized carbons (Fsp3) is 0.600. The average Bonchev–Trinajstić information content (AvgIpc) is 1.82. The Morgan fingerprint density at radius 2 is 2.10 bits per heavy atom. The maximum atomic E-state index is 10.5. The Hall–Kier alpha value is -1.10. The maximum absolute atomic E-state index is 10.5. The van der Waals surface area contributed by atoms with Gasteiger partial charge < -0.3 is 16.2 Å². The maximum Gasteiger partial charge on any atom is 0.229 e. The van der Waals surface area contributed by atoms with E-state index >= 15 is 0 Å². The van der Waals surface area contributed by atoms with E-state index < -0.39 is 11.8 Å². The third-order valence-electron chi connectivity index (χ3n) is 0.769. The van der Waals surface area contributed by atoms with Crippen molar-refractivity contribution < 1.29 is 14.7 Å². The molecule has 5 heteroatoms. The Morgan fingerprint density at radius 1 is 1.50 bits per heavy atom. The van der Waals surface area contributed by atoms with E-state index in [2.05, 4.69) is 5.32 Å². The molecule has 10 heavy (non-hydrogen) atoms. The van der Waals surface area contributed by atoms with Crippen molar-refractivity contribution in [2.24, 2.45) is 5.73 Å². The Balaban J connectivity index is 3.35. The van der Waals surface area contributed by atoms with E-state index in [4.69, 9.17) is 10.8 Å². The van der Waals surface area contributed by atoms with Gasteiger partial charge in [-0.25, -0.2) is 0 Å². The van der Waals surface area contributed by atoms with Gasteiger partial charge in [0.15, 0.2) is 0 Å². The summed E-state index contributed by atoms with van der Waals surface area (Å²) < 4.78 is 0. The van der Waals surface area contributed by atoms with Crippen LogP contribution in [0.2, 0.25) is 0 Å². The molecule has 0 aliphatic heterocycles. The quantitative estimate of drug-likeness (QED) is 0.399. The van der Waals surface area contributed by atoms with Crippen LogP contribution >= 0.6 is 0 Å². The number of rotatable bonds is 4. The lowest BCUT2D eigenvalue weighted by molar-refractivity contribution is -0.127. The minimum atomic E-state index is -0.671. The number of aliphatic hydroxyl groups is 1. The number of aliphatic hydroxyl groups excluding tert-OH is 1. The summed E-state index contributed by atoms with van der Waals surface area (Å²) in [6.07, 6.45) is -0.319. The minimum Gasteiger partial charge on any atom is -0.395 e.